The maximum Gasteiger partial charge on any atom is 0.271 e. The third-order valence-corrected chi connectivity index (χ3v) is 4.59. The molecule has 1 aliphatic heterocycles. The van der Waals surface area contributed by atoms with Crippen molar-refractivity contribution >= 4 is 23.0 Å². The summed E-state index contributed by atoms with van der Waals surface area (Å²) in [5, 5.41) is 14.7. The van der Waals surface area contributed by atoms with Crippen LogP contribution >= 0.6 is 11.6 Å². The Morgan fingerprint density at radius 3 is 2.76 bits per heavy atom. The molecule has 1 saturated carbocycles. The highest BCUT2D eigenvalue weighted by Gasteiger charge is 2.36. The number of nitro groups is 1. The van der Waals surface area contributed by atoms with Gasteiger partial charge in [-0.25, -0.2) is 0 Å². The van der Waals surface area contributed by atoms with E-state index < -0.39 is 4.92 Å². The first-order valence-corrected chi connectivity index (χ1v) is 7.75. The molecule has 5 nitrogen and oxygen atoms in total. The third kappa shape index (κ3) is 3.30. The fourth-order valence-corrected chi connectivity index (χ4v) is 3.29. The van der Waals surface area contributed by atoms with Crippen LogP contribution < -0.4 is 5.32 Å². The molecule has 1 heterocycles. The summed E-state index contributed by atoms with van der Waals surface area (Å²) in [6.07, 6.45) is 4.82. The van der Waals surface area contributed by atoms with Gasteiger partial charge in [-0.2, -0.15) is 0 Å². The fourth-order valence-electron chi connectivity index (χ4n) is 2.97. The molecule has 1 aromatic carbocycles. The van der Waals surface area contributed by atoms with Gasteiger partial charge >= 0.3 is 0 Å². The molecule has 0 amide bonds. The highest BCUT2D eigenvalue weighted by molar-refractivity contribution is 6.33. The highest BCUT2D eigenvalue weighted by Crippen LogP contribution is 2.39. The normalized spacial score (nSPS) is 25.6. The van der Waals surface area contributed by atoms with Crippen molar-refractivity contribution in [1.29, 1.82) is 0 Å². The molecule has 0 aromatic heterocycles. The maximum atomic E-state index is 10.8. The zero-order valence-corrected chi connectivity index (χ0v) is 12.7. The van der Waals surface area contributed by atoms with E-state index >= 15 is 0 Å². The average Bonchev–Trinajstić information content (AvgIpc) is 3.27. The van der Waals surface area contributed by atoms with Gasteiger partial charge in [0, 0.05) is 24.8 Å². The van der Waals surface area contributed by atoms with Crippen LogP contribution in [0.4, 0.5) is 11.4 Å². The molecule has 1 aliphatic carbocycles. The third-order valence-electron chi connectivity index (χ3n) is 4.29. The molecule has 3 rings (SSSR count). The van der Waals surface area contributed by atoms with Gasteiger partial charge in [-0.3, -0.25) is 10.1 Å². The Hall–Kier alpha value is -1.33. The molecule has 2 fully saturated rings. The molecular weight excluding hydrogens is 292 g/mol. The second-order valence-electron chi connectivity index (χ2n) is 5.99. The molecule has 0 radical (unpaired) electrons. The van der Waals surface area contributed by atoms with Crippen molar-refractivity contribution in [2.45, 2.75) is 44.8 Å². The number of aryl methyl sites for hydroxylation is 1. The van der Waals surface area contributed by atoms with Crippen LogP contribution in [0.1, 0.15) is 31.2 Å². The number of nitrogens with one attached hydrogen (secondary N) is 1. The molecule has 6 heteroatoms. The number of rotatable bonds is 4. The van der Waals surface area contributed by atoms with E-state index in [2.05, 4.69) is 5.32 Å². The van der Waals surface area contributed by atoms with E-state index in [4.69, 9.17) is 16.3 Å². The zero-order chi connectivity index (χ0) is 15.0. The smallest absolute Gasteiger partial charge is 0.271 e. The van der Waals surface area contributed by atoms with E-state index in [-0.39, 0.29) is 5.69 Å². The van der Waals surface area contributed by atoms with E-state index in [1.165, 1.54) is 18.9 Å². The summed E-state index contributed by atoms with van der Waals surface area (Å²) in [6.45, 7) is 2.61. The number of ether oxygens (including phenoxy) is 1. The molecule has 2 atom stereocenters. The van der Waals surface area contributed by atoms with Crippen molar-refractivity contribution in [2.75, 3.05) is 11.9 Å². The predicted octanol–water partition coefficient (Wildman–Crippen LogP) is 3.93. The Labute approximate surface area is 128 Å². The SMILES string of the molecule is Cc1cc([N+](=O)[O-])cc(Cl)c1NC1CCOC(C2CC2)C1. The van der Waals surface area contributed by atoms with Crippen LogP contribution in [0.15, 0.2) is 12.1 Å². The van der Waals surface area contributed by atoms with E-state index in [0.29, 0.717) is 17.2 Å². The minimum Gasteiger partial charge on any atom is -0.381 e. The van der Waals surface area contributed by atoms with Gasteiger partial charge < -0.3 is 10.1 Å². The molecule has 1 aromatic rings. The van der Waals surface area contributed by atoms with Gasteiger partial charge in [0.05, 0.1) is 21.7 Å². The molecule has 1 N–H and O–H groups in total. The van der Waals surface area contributed by atoms with Gasteiger partial charge in [-0.1, -0.05) is 11.6 Å². The number of non-ortho nitro benzene ring substituents is 1. The van der Waals surface area contributed by atoms with Crippen molar-refractivity contribution in [1.82, 2.24) is 0 Å². The van der Waals surface area contributed by atoms with Crippen LogP contribution in [-0.4, -0.2) is 23.7 Å². The van der Waals surface area contributed by atoms with Crippen molar-refractivity contribution in [3.05, 3.63) is 32.8 Å². The zero-order valence-electron chi connectivity index (χ0n) is 12.0. The lowest BCUT2D eigenvalue weighted by Crippen LogP contribution is -2.35. The second kappa shape index (κ2) is 5.81. The molecule has 114 valence electrons. The van der Waals surface area contributed by atoms with Gasteiger partial charge in [0.1, 0.15) is 0 Å². The first kappa shape index (κ1) is 14.6. The van der Waals surface area contributed by atoms with E-state index in [1.54, 1.807) is 6.07 Å². The fraction of sp³-hybridized carbons (Fsp3) is 0.600. The second-order valence-corrected chi connectivity index (χ2v) is 6.40. The lowest BCUT2D eigenvalue weighted by Gasteiger charge is -2.31. The van der Waals surface area contributed by atoms with Crippen LogP contribution in [-0.2, 0) is 4.74 Å². The molecule has 2 unspecified atom stereocenters. The quantitative estimate of drug-likeness (QED) is 0.676. The van der Waals surface area contributed by atoms with Crippen LogP contribution in [0, 0.1) is 23.0 Å². The van der Waals surface area contributed by atoms with Gasteiger partial charge in [-0.15, -0.1) is 0 Å². The Morgan fingerprint density at radius 1 is 1.38 bits per heavy atom. The standard InChI is InChI=1S/C15H19ClN2O3/c1-9-6-12(18(19)20)8-13(16)15(9)17-11-4-5-21-14(7-11)10-2-3-10/h6,8,10-11,14,17H,2-5,7H2,1H3. The Kier molecular flexibility index (Phi) is 4.04. The largest absolute Gasteiger partial charge is 0.381 e. The van der Waals surface area contributed by atoms with Gasteiger partial charge in [0.25, 0.3) is 5.69 Å². The van der Waals surface area contributed by atoms with Crippen LogP contribution in [0.3, 0.4) is 0 Å². The van der Waals surface area contributed by atoms with Crippen molar-refractivity contribution < 1.29 is 9.66 Å². The molecule has 0 spiro atoms. The van der Waals surface area contributed by atoms with Gasteiger partial charge in [0.2, 0.25) is 0 Å². The summed E-state index contributed by atoms with van der Waals surface area (Å²) in [7, 11) is 0. The number of nitro benzene ring substituents is 1. The summed E-state index contributed by atoms with van der Waals surface area (Å²) in [4.78, 5) is 10.4. The van der Waals surface area contributed by atoms with Gasteiger partial charge in [-0.05, 0) is 44.1 Å². The monoisotopic (exact) mass is 310 g/mol. The van der Waals surface area contributed by atoms with Crippen molar-refractivity contribution in [2.24, 2.45) is 5.92 Å². The summed E-state index contributed by atoms with van der Waals surface area (Å²) in [5.41, 5.74) is 1.65. The lowest BCUT2D eigenvalue weighted by molar-refractivity contribution is -0.384. The Morgan fingerprint density at radius 2 is 2.14 bits per heavy atom. The predicted molar refractivity (Wildman–Crippen MR) is 82.0 cm³/mol. The highest BCUT2D eigenvalue weighted by atomic mass is 35.5. The lowest BCUT2D eigenvalue weighted by atomic mass is 9.99. The number of halogens is 1. The average molecular weight is 311 g/mol. The number of benzene rings is 1. The Bertz CT molecular complexity index is 537. The van der Waals surface area contributed by atoms with Crippen molar-refractivity contribution in [3.8, 4) is 0 Å². The minimum absolute atomic E-state index is 0.0332. The number of anilines is 1. The van der Waals surface area contributed by atoms with E-state index in [0.717, 1.165) is 36.6 Å². The first-order valence-electron chi connectivity index (χ1n) is 7.37. The summed E-state index contributed by atoms with van der Waals surface area (Å²) in [6, 6.07) is 3.29. The van der Waals surface area contributed by atoms with Crippen LogP contribution in [0.25, 0.3) is 0 Å². The van der Waals surface area contributed by atoms with E-state index in [1.807, 2.05) is 6.92 Å². The van der Waals surface area contributed by atoms with Crippen molar-refractivity contribution in [3.63, 3.8) is 0 Å². The van der Waals surface area contributed by atoms with Gasteiger partial charge in [0.15, 0.2) is 0 Å². The first-order chi connectivity index (χ1) is 10.0. The number of hydrogen-bond donors (Lipinski definition) is 1. The maximum absolute atomic E-state index is 10.8. The summed E-state index contributed by atoms with van der Waals surface area (Å²) < 4.78 is 5.82. The van der Waals surface area contributed by atoms with Crippen LogP contribution in [0.2, 0.25) is 5.02 Å². The Balaban J connectivity index is 1.73. The molecule has 0 bridgehead atoms. The minimum atomic E-state index is -0.416. The topological polar surface area (TPSA) is 64.4 Å². The number of nitrogens with zero attached hydrogens (tertiary/aromatic N) is 1. The van der Waals surface area contributed by atoms with E-state index in [9.17, 15) is 10.1 Å². The molecule has 2 aliphatic rings. The molecule has 1 saturated heterocycles. The number of hydrogen-bond acceptors (Lipinski definition) is 4. The van der Waals surface area contributed by atoms with Crippen LogP contribution in [0.5, 0.6) is 0 Å². The molecular formula is C15H19ClN2O3. The molecule has 21 heavy (non-hydrogen) atoms. The summed E-state index contributed by atoms with van der Waals surface area (Å²) in [5.74, 6) is 0.725. The summed E-state index contributed by atoms with van der Waals surface area (Å²) >= 11 is 6.21.